The number of amides is 1. The zero-order chi connectivity index (χ0) is 20.8. The summed E-state index contributed by atoms with van der Waals surface area (Å²) >= 11 is 0. The minimum absolute atomic E-state index is 0.00447. The normalized spacial score (nSPS) is 17.8. The van der Waals surface area contributed by atoms with Crippen LogP contribution in [-0.4, -0.2) is 58.9 Å². The van der Waals surface area contributed by atoms with E-state index < -0.39 is 0 Å². The van der Waals surface area contributed by atoms with Gasteiger partial charge in [-0.05, 0) is 43.2 Å². The molecule has 0 N–H and O–H groups in total. The average molecular weight is 419 g/mol. The maximum Gasteiger partial charge on any atom is 0.254 e. The van der Waals surface area contributed by atoms with E-state index in [0.29, 0.717) is 41.9 Å². The van der Waals surface area contributed by atoms with Gasteiger partial charge in [0.1, 0.15) is 5.82 Å². The van der Waals surface area contributed by atoms with Crippen molar-refractivity contribution in [1.82, 2.24) is 20.0 Å². The Morgan fingerprint density at radius 3 is 2.61 bits per heavy atom. The molecule has 3 aliphatic rings. The number of anilines is 1. The van der Waals surface area contributed by atoms with Gasteiger partial charge in [-0.2, -0.15) is 4.98 Å². The van der Waals surface area contributed by atoms with Gasteiger partial charge in [-0.1, -0.05) is 5.16 Å². The molecule has 2 aliphatic heterocycles. The quantitative estimate of drug-likeness (QED) is 0.637. The first-order valence-electron chi connectivity index (χ1n) is 10.5. The summed E-state index contributed by atoms with van der Waals surface area (Å²) in [5, 5.41) is 4.07. The molecule has 6 rings (SSSR count). The summed E-state index contributed by atoms with van der Waals surface area (Å²) in [7, 11) is 0. The number of benzene rings is 1. The first kappa shape index (κ1) is 18.2. The lowest BCUT2D eigenvalue weighted by Crippen LogP contribution is -2.49. The maximum absolute atomic E-state index is 12.9. The Bertz CT molecular complexity index is 1120. The number of hydrogen-bond donors (Lipinski definition) is 0. The highest BCUT2D eigenvalue weighted by Crippen LogP contribution is 2.39. The van der Waals surface area contributed by atoms with E-state index in [1.807, 2.05) is 17.0 Å². The Morgan fingerprint density at radius 2 is 1.84 bits per heavy atom. The molecule has 9 nitrogen and oxygen atoms in total. The SMILES string of the molecule is O=C(c1ccc2c(c1)OCO2)N1CCN(c2ccc(-c3noc(C4CC4)n3)cn2)CC1. The first-order valence-corrected chi connectivity index (χ1v) is 10.5. The number of nitrogens with zero attached hydrogens (tertiary/aromatic N) is 5. The second kappa shape index (κ2) is 7.26. The van der Waals surface area contributed by atoms with E-state index in [4.69, 9.17) is 14.0 Å². The highest BCUT2D eigenvalue weighted by molar-refractivity contribution is 5.95. The lowest BCUT2D eigenvalue weighted by molar-refractivity contribution is 0.0746. The summed E-state index contributed by atoms with van der Waals surface area (Å²) in [6, 6.07) is 9.26. The van der Waals surface area contributed by atoms with Crippen molar-refractivity contribution in [2.24, 2.45) is 0 Å². The average Bonchev–Trinajstić information content (AvgIpc) is 3.36. The van der Waals surface area contributed by atoms with E-state index in [1.165, 1.54) is 0 Å². The van der Waals surface area contributed by atoms with Crippen LogP contribution in [-0.2, 0) is 0 Å². The van der Waals surface area contributed by atoms with E-state index in [1.54, 1.807) is 24.4 Å². The zero-order valence-electron chi connectivity index (χ0n) is 16.9. The number of carbonyl (C=O) groups is 1. The predicted octanol–water partition coefficient (Wildman–Crippen LogP) is 2.70. The fourth-order valence-electron chi connectivity index (χ4n) is 3.90. The summed E-state index contributed by atoms with van der Waals surface area (Å²) in [6.07, 6.45) is 4.03. The monoisotopic (exact) mass is 419 g/mol. The molecular formula is C22H21N5O4. The van der Waals surface area contributed by atoms with Gasteiger partial charge in [0.05, 0.1) is 0 Å². The lowest BCUT2D eigenvalue weighted by Gasteiger charge is -2.35. The van der Waals surface area contributed by atoms with Crippen LogP contribution in [0.3, 0.4) is 0 Å². The Hall–Kier alpha value is -3.62. The van der Waals surface area contributed by atoms with E-state index in [2.05, 4.69) is 20.0 Å². The second-order valence-corrected chi connectivity index (χ2v) is 7.98. The molecular weight excluding hydrogens is 398 g/mol. The molecule has 3 aromatic rings. The predicted molar refractivity (Wildman–Crippen MR) is 110 cm³/mol. The van der Waals surface area contributed by atoms with E-state index in [9.17, 15) is 4.79 Å². The van der Waals surface area contributed by atoms with Crippen molar-refractivity contribution in [2.75, 3.05) is 37.9 Å². The smallest absolute Gasteiger partial charge is 0.254 e. The van der Waals surface area contributed by atoms with Gasteiger partial charge in [0.15, 0.2) is 11.5 Å². The third kappa shape index (κ3) is 3.45. The first-order chi connectivity index (χ1) is 15.2. The number of aromatic nitrogens is 3. The molecule has 1 aromatic carbocycles. The maximum atomic E-state index is 12.9. The van der Waals surface area contributed by atoms with Gasteiger partial charge in [-0.3, -0.25) is 4.79 Å². The highest BCUT2D eigenvalue weighted by atomic mass is 16.7. The standard InChI is InChI=1S/C22H21N5O4/c28-22(15-3-5-17-18(11-15)30-13-29-17)27-9-7-26(8-10-27)19-6-4-16(12-23-19)20-24-21(31-25-20)14-1-2-14/h3-6,11-12,14H,1-2,7-10,13H2. The summed E-state index contributed by atoms with van der Waals surface area (Å²) in [6.45, 7) is 2.90. The van der Waals surface area contributed by atoms with Crippen molar-refractivity contribution in [3.63, 3.8) is 0 Å². The van der Waals surface area contributed by atoms with Gasteiger partial charge in [0.25, 0.3) is 5.91 Å². The third-order valence-electron chi connectivity index (χ3n) is 5.88. The van der Waals surface area contributed by atoms with Crippen molar-refractivity contribution in [2.45, 2.75) is 18.8 Å². The molecule has 1 aliphatic carbocycles. The molecule has 0 atom stereocenters. The lowest BCUT2D eigenvalue weighted by atomic mass is 10.1. The van der Waals surface area contributed by atoms with E-state index in [0.717, 1.165) is 43.2 Å². The Balaban J connectivity index is 1.09. The molecule has 0 unspecified atom stereocenters. The van der Waals surface area contributed by atoms with Gasteiger partial charge < -0.3 is 23.8 Å². The molecule has 0 radical (unpaired) electrons. The minimum Gasteiger partial charge on any atom is -0.454 e. The van der Waals surface area contributed by atoms with Crippen molar-refractivity contribution in [3.8, 4) is 22.9 Å². The largest absolute Gasteiger partial charge is 0.454 e. The van der Waals surface area contributed by atoms with Crippen LogP contribution in [0.4, 0.5) is 5.82 Å². The van der Waals surface area contributed by atoms with Gasteiger partial charge in [-0.25, -0.2) is 4.98 Å². The minimum atomic E-state index is 0.00447. The van der Waals surface area contributed by atoms with Crippen LogP contribution in [0.25, 0.3) is 11.4 Å². The number of hydrogen-bond acceptors (Lipinski definition) is 8. The fraction of sp³-hybridized carbons (Fsp3) is 0.364. The Labute approximate surface area is 178 Å². The highest BCUT2D eigenvalue weighted by Gasteiger charge is 2.30. The fourth-order valence-corrected chi connectivity index (χ4v) is 3.90. The molecule has 9 heteroatoms. The van der Waals surface area contributed by atoms with Crippen LogP contribution >= 0.6 is 0 Å². The van der Waals surface area contributed by atoms with Gasteiger partial charge in [-0.15, -0.1) is 0 Å². The van der Waals surface area contributed by atoms with Crippen molar-refractivity contribution in [1.29, 1.82) is 0 Å². The summed E-state index contributed by atoms with van der Waals surface area (Å²) in [5.41, 5.74) is 1.46. The molecule has 0 bridgehead atoms. The molecule has 2 aromatic heterocycles. The second-order valence-electron chi connectivity index (χ2n) is 7.98. The molecule has 0 spiro atoms. The van der Waals surface area contributed by atoms with Gasteiger partial charge in [0, 0.05) is 49.4 Å². The van der Waals surface area contributed by atoms with Crippen LogP contribution in [0, 0.1) is 0 Å². The van der Waals surface area contributed by atoms with Crippen LogP contribution in [0.15, 0.2) is 41.1 Å². The Kier molecular flexibility index (Phi) is 4.26. The van der Waals surface area contributed by atoms with Gasteiger partial charge in [0.2, 0.25) is 18.5 Å². The van der Waals surface area contributed by atoms with Crippen molar-refractivity contribution < 1.29 is 18.8 Å². The molecule has 4 heterocycles. The summed E-state index contributed by atoms with van der Waals surface area (Å²) in [4.78, 5) is 26.0. The topological polar surface area (TPSA) is 93.8 Å². The van der Waals surface area contributed by atoms with Crippen LogP contribution in [0.5, 0.6) is 11.5 Å². The number of pyridine rings is 1. The van der Waals surface area contributed by atoms with Crippen LogP contribution < -0.4 is 14.4 Å². The molecule has 2 fully saturated rings. The molecule has 1 amide bonds. The number of fused-ring (bicyclic) bond motifs is 1. The number of rotatable bonds is 4. The molecule has 1 saturated carbocycles. The molecule has 31 heavy (non-hydrogen) atoms. The number of carbonyl (C=O) groups excluding carboxylic acids is 1. The van der Waals surface area contributed by atoms with Crippen LogP contribution in [0.1, 0.15) is 35.0 Å². The summed E-state index contributed by atoms with van der Waals surface area (Å²) in [5.74, 6) is 3.93. The molecule has 1 saturated heterocycles. The molecule has 158 valence electrons. The van der Waals surface area contributed by atoms with E-state index >= 15 is 0 Å². The third-order valence-corrected chi connectivity index (χ3v) is 5.88. The van der Waals surface area contributed by atoms with E-state index in [-0.39, 0.29) is 12.7 Å². The number of piperazine rings is 1. The van der Waals surface area contributed by atoms with Crippen molar-refractivity contribution in [3.05, 3.63) is 48.0 Å². The zero-order valence-corrected chi connectivity index (χ0v) is 16.9. The summed E-state index contributed by atoms with van der Waals surface area (Å²) < 4.78 is 16.0. The van der Waals surface area contributed by atoms with Crippen LogP contribution in [0.2, 0.25) is 0 Å². The number of ether oxygens (including phenoxy) is 2. The Morgan fingerprint density at radius 1 is 1.00 bits per heavy atom. The van der Waals surface area contributed by atoms with Gasteiger partial charge >= 0.3 is 0 Å². The van der Waals surface area contributed by atoms with Crippen molar-refractivity contribution >= 4 is 11.7 Å².